The summed E-state index contributed by atoms with van der Waals surface area (Å²) in [5.74, 6) is -3.05. The number of aryl methyl sites for hydroxylation is 1. The van der Waals surface area contributed by atoms with Crippen molar-refractivity contribution in [2.75, 3.05) is 0 Å². The third-order valence-corrected chi connectivity index (χ3v) is 2.28. The molecule has 0 radical (unpaired) electrons. The van der Waals surface area contributed by atoms with Crippen LogP contribution in [0, 0.1) is 18.6 Å². The van der Waals surface area contributed by atoms with Crippen LogP contribution in [0.15, 0.2) is 24.4 Å². The Labute approximate surface area is 106 Å². The Balaban J connectivity index is 2.29. The molecule has 2 aromatic rings. The highest BCUT2D eigenvalue weighted by molar-refractivity contribution is 5.88. The molecule has 7 heteroatoms. The number of aromatic carboxylic acids is 1. The van der Waals surface area contributed by atoms with Crippen LogP contribution < -0.4 is 4.74 Å². The van der Waals surface area contributed by atoms with Gasteiger partial charge in [0.05, 0.1) is 11.3 Å². The summed E-state index contributed by atoms with van der Waals surface area (Å²) in [6.45, 7) is 1.46. The highest BCUT2D eigenvalue weighted by Crippen LogP contribution is 2.22. The zero-order chi connectivity index (χ0) is 14.0. The number of carboxylic acid groups (broad SMARTS) is 1. The fraction of sp³-hybridized carbons (Fsp3) is 0.0833. The minimum Gasteiger partial charge on any atom is -0.478 e. The molecule has 0 saturated carbocycles. The van der Waals surface area contributed by atoms with E-state index in [2.05, 4.69) is 9.97 Å². The van der Waals surface area contributed by atoms with Crippen molar-refractivity contribution in [1.82, 2.24) is 9.97 Å². The molecule has 0 unspecified atom stereocenters. The number of halogens is 2. The van der Waals surface area contributed by atoms with Gasteiger partial charge in [0.2, 0.25) is 0 Å². The van der Waals surface area contributed by atoms with Crippen molar-refractivity contribution in [2.45, 2.75) is 6.92 Å². The topological polar surface area (TPSA) is 72.3 Å². The summed E-state index contributed by atoms with van der Waals surface area (Å²) in [4.78, 5) is 18.2. The molecular formula is C12H8F2N2O3. The third-order valence-electron chi connectivity index (χ3n) is 2.28. The van der Waals surface area contributed by atoms with Crippen LogP contribution >= 0.6 is 0 Å². The maximum atomic E-state index is 13.3. The third kappa shape index (κ3) is 2.82. The first kappa shape index (κ1) is 12.9. The van der Waals surface area contributed by atoms with Gasteiger partial charge >= 0.3 is 12.0 Å². The van der Waals surface area contributed by atoms with E-state index in [0.29, 0.717) is 6.07 Å². The Hall–Kier alpha value is -2.57. The Kier molecular flexibility index (Phi) is 3.37. The number of nitrogens with zero attached hydrogens (tertiary/aromatic N) is 2. The largest absolute Gasteiger partial charge is 0.478 e. The van der Waals surface area contributed by atoms with Crippen molar-refractivity contribution in [2.24, 2.45) is 0 Å². The first-order chi connectivity index (χ1) is 8.97. The molecule has 0 fully saturated rings. The zero-order valence-corrected chi connectivity index (χ0v) is 9.72. The van der Waals surface area contributed by atoms with Gasteiger partial charge in [0.25, 0.3) is 0 Å². The standard InChI is InChI=1S/C12H8F2N2O3/c1-6-8(11(17)18)5-15-12(16-6)19-10-3-2-7(13)4-9(10)14/h2-5H,1H3,(H,17,18). The smallest absolute Gasteiger partial charge is 0.339 e. The van der Waals surface area contributed by atoms with Crippen molar-refractivity contribution >= 4 is 5.97 Å². The fourth-order valence-corrected chi connectivity index (χ4v) is 1.36. The predicted octanol–water partition coefficient (Wildman–Crippen LogP) is 2.55. The van der Waals surface area contributed by atoms with Crippen LogP contribution in [0.25, 0.3) is 0 Å². The summed E-state index contributed by atoms with van der Waals surface area (Å²) < 4.78 is 31.1. The van der Waals surface area contributed by atoms with Gasteiger partial charge < -0.3 is 9.84 Å². The number of carboxylic acids is 1. The van der Waals surface area contributed by atoms with Crippen LogP contribution in [0.3, 0.4) is 0 Å². The van der Waals surface area contributed by atoms with Gasteiger partial charge in [-0.05, 0) is 19.1 Å². The second-order valence-electron chi connectivity index (χ2n) is 3.63. The van der Waals surface area contributed by atoms with Gasteiger partial charge in [0, 0.05) is 12.3 Å². The monoisotopic (exact) mass is 266 g/mol. The lowest BCUT2D eigenvalue weighted by molar-refractivity contribution is 0.0695. The zero-order valence-electron chi connectivity index (χ0n) is 9.72. The summed E-state index contributed by atoms with van der Waals surface area (Å²) in [5.41, 5.74) is 0.104. The van der Waals surface area contributed by atoms with Gasteiger partial charge in [-0.15, -0.1) is 0 Å². The van der Waals surface area contributed by atoms with Crippen molar-refractivity contribution < 1.29 is 23.4 Å². The fourth-order valence-electron chi connectivity index (χ4n) is 1.36. The van der Waals surface area contributed by atoms with E-state index in [1.165, 1.54) is 6.92 Å². The van der Waals surface area contributed by atoms with Crippen molar-refractivity contribution in [1.29, 1.82) is 0 Å². The summed E-state index contributed by atoms with van der Waals surface area (Å²) >= 11 is 0. The van der Waals surface area contributed by atoms with Crippen LogP contribution in [0.5, 0.6) is 11.8 Å². The van der Waals surface area contributed by atoms with Gasteiger partial charge in [-0.2, -0.15) is 4.98 Å². The Bertz CT molecular complexity index is 647. The second-order valence-corrected chi connectivity index (χ2v) is 3.63. The molecule has 19 heavy (non-hydrogen) atoms. The lowest BCUT2D eigenvalue weighted by Gasteiger charge is -2.06. The molecule has 1 heterocycles. The predicted molar refractivity (Wildman–Crippen MR) is 60.2 cm³/mol. The van der Waals surface area contributed by atoms with Crippen molar-refractivity contribution in [3.8, 4) is 11.8 Å². The van der Waals surface area contributed by atoms with E-state index in [0.717, 1.165) is 18.3 Å². The van der Waals surface area contributed by atoms with Gasteiger partial charge in [-0.1, -0.05) is 0 Å². The number of hydrogen-bond donors (Lipinski definition) is 1. The van der Waals surface area contributed by atoms with Crippen molar-refractivity contribution in [3.05, 3.63) is 47.3 Å². The van der Waals surface area contributed by atoms with Crippen LogP contribution in [-0.2, 0) is 0 Å². The van der Waals surface area contributed by atoms with E-state index in [1.54, 1.807) is 0 Å². The number of rotatable bonds is 3. The molecule has 0 aliphatic heterocycles. The van der Waals surface area contributed by atoms with E-state index in [1.807, 2.05) is 0 Å². The molecule has 0 aliphatic rings. The molecule has 98 valence electrons. The minimum atomic E-state index is -1.17. The molecular weight excluding hydrogens is 258 g/mol. The summed E-state index contributed by atoms with van der Waals surface area (Å²) in [5, 5.41) is 8.80. The van der Waals surface area contributed by atoms with E-state index in [9.17, 15) is 13.6 Å². The van der Waals surface area contributed by atoms with E-state index in [4.69, 9.17) is 9.84 Å². The maximum absolute atomic E-state index is 13.3. The van der Waals surface area contributed by atoms with Crippen LogP contribution in [0.4, 0.5) is 8.78 Å². The normalized spacial score (nSPS) is 10.3. The van der Waals surface area contributed by atoms with Gasteiger partial charge in [-0.3, -0.25) is 0 Å². The highest BCUT2D eigenvalue weighted by atomic mass is 19.1. The minimum absolute atomic E-state index is 0.0769. The maximum Gasteiger partial charge on any atom is 0.339 e. The molecule has 1 N–H and O–H groups in total. The molecule has 1 aromatic carbocycles. The first-order valence-electron chi connectivity index (χ1n) is 5.17. The Morgan fingerprint density at radius 2 is 2.11 bits per heavy atom. The molecule has 0 spiro atoms. The summed E-state index contributed by atoms with van der Waals surface area (Å²) in [7, 11) is 0. The summed E-state index contributed by atoms with van der Waals surface area (Å²) in [6.07, 6.45) is 1.06. The molecule has 1 aromatic heterocycles. The Morgan fingerprint density at radius 3 is 2.68 bits per heavy atom. The van der Waals surface area contributed by atoms with Crippen LogP contribution in [0.1, 0.15) is 16.1 Å². The molecule has 0 bridgehead atoms. The lowest BCUT2D eigenvalue weighted by atomic mass is 10.2. The quantitative estimate of drug-likeness (QED) is 0.924. The molecule has 2 rings (SSSR count). The number of aromatic nitrogens is 2. The van der Waals surface area contributed by atoms with Crippen LogP contribution in [-0.4, -0.2) is 21.0 Å². The average molecular weight is 266 g/mol. The lowest BCUT2D eigenvalue weighted by Crippen LogP contribution is -2.04. The molecule has 5 nitrogen and oxygen atoms in total. The van der Waals surface area contributed by atoms with Crippen LogP contribution in [0.2, 0.25) is 0 Å². The summed E-state index contributed by atoms with van der Waals surface area (Å²) in [6, 6.07) is 2.56. The van der Waals surface area contributed by atoms with Gasteiger partial charge in [-0.25, -0.2) is 18.6 Å². The SMILES string of the molecule is Cc1nc(Oc2ccc(F)cc2F)ncc1C(=O)O. The molecule has 0 aliphatic carbocycles. The molecule has 0 atom stereocenters. The van der Waals surface area contributed by atoms with E-state index < -0.39 is 17.6 Å². The van der Waals surface area contributed by atoms with Gasteiger partial charge in [0.1, 0.15) is 5.82 Å². The number of ether oxygens (including phenoxy) is 1. The average Bonchev–Trinajstić information content (AvgIpc) is 2.32. The second kappa shape index (κ2) is 4.97. The number of benzene rings is 1. The Morgan fingerprint density at radius 1 is 1.37 bits per heavy atom. The van der Waals surface area contributed by atoms with E-state index in [-0.39, 0.29) is 23.0 Å². The number of hydrogen-bond acceptors (Lipinski definition) is 4. The highest BCUT2D eigenvalue weighted by Gasteiger charge is 2.12. The molecule has 0 amide bonds. The molecule has 0 saturated heterocycles. The first-order valence-corrected chi connectivity index (χ1v) is 5.17. The van der Waals surface area contributed by atoms with E-state index >= 15 is 0 Å². The van der Waals surface area contributed by atoms with Gasteiger partial charge in [0.15, 0.2) is 11.6 Å². The van der Waals surface area contributed by atoms with Crippen molar-refractivity contribution in [3.63, 3.8) is 0 Å². The number of carbonyl (C=O) groups is 1.